The number of nitrogens with one attached hydrogen (secondary N) is 1. The van der Waals surface area contributed by atoms with Crippen molar-refractivity contribution in [2.75, 3.05) is 34.2 Å². The third-order valence-corrected chi connectivity index (χ3v) is 6.51. The van der Waals surface area contributed by atoms with Crippen molar-refractivity contribution < 1.29 is 32.6 Å². The monoisotopic (exact) mass is 445 g/mol. The Balaban J connectivity index is 1.55. The highest BCUT2D eigenvalue weighted by Crippen LogP contribution is 2.31. The Hall–Kier alpha value is -3.60. The van der Waals surface area contributed by atoms with Crippen molar-refractivity contribution in [3.8, 4) is 0 Å². The van der Waals surface area contributed by atoms with E-state index in [2.05, 4.69) is 4.72 Å². The zero-order valence-electron chi connectivity index (χ0n) is 16.2. The summed E-state index contributed by atoms with van der Waals surface area (Å²) in [7, 11) is -3.99. The minimum atomic E-state index is -3.99. The Labute approximate surface area is 178 Å². The van der Waals surface area contributed by atoms with Crippen LogP contribution in [-0.2, 0) is 24.3 Å². The molecule has 0 aliphatic carbocycles. The molecule has 2 heterocycles. The Bertz CT molecular complexity index is 1150. The number of carbonyl (C=O) groups is 3. The number of amides is 2. The number of nitrogens with zero attached hydrogens (tertiary/aromatic N) is 2. The third kappa shape index (κ3) is 4.04. The van der Waals surface area contributed by atoms with E-state index in [4.69, 9.17) is 9.84 Å². The summed E-state index contributed by atoms with van der Waals surface area (Å²) in [5, 5.41) is 9.11. The van der Waals surface area contributed by atoms with Gasteiger partial charge < -0.3 is 14.7 Å². The summed E-state index contributed by atoms with van der Waals surface area (Å²) >= 11 is 0. The molecule has 2 aromatic rings. The van der Waals surface area contributed by atoms with Gasteiger partial charge in [0, 0.05) is 18.7 Å². The molecule has 1 unspecified atom stereocenters. The number of hydrogen-bond donors (Lipinski definition) is 2. The van der Waals surface area contributed by atoms with Crippen molar-refractivity contribution >= 4 is 45.1 Å². The van der Waals surface area contributed by atoms with Crippen molar-refractivity contribution in [2.45, 2.75) is 11.3 Å². The maximum atomic E-state index is 12.9. The number of cyclic esters (lactones) is 1. The van der Waals surface area contributed by atoms with Crippen LogP contribution in [0.3, 0.4) is 0 Å². The molecule has 4 rings (SSSR count). The van der Waals surface area contributed by atoms with E-state index in [-0.39, 0.29) is 36.1 Å². The van der Waals surface area contributed by atoms with Gasteiger partial charge >= 0.3 is 12.1 Å². The van der Waals surface area contributed by atoms with Crippen LogP contribution in [0.5, 0.6) is 0 Å². The molecule has 0 spiro atoms. The largest absolute Gasteiger partial charge is 0.481 e. The van der Waals surface area contributed by atoms with Crippen molar-refractivity contribution in [1.29, 1.82) is 0 Å². The highest BCUT2D eigenvalue weighted by atomic mass is 32.2. The molecule has 1 atom stereocenters. The molecule has 0 aromatic heterocycles. The minimum absolute atomic E-state index is 0.0395. The molecule has 2 N–H and O–H groups in total. The Morgan fingerprint density at radius 1 is 1.06 bits per heavy atom. The summed E-state index contributed by atoms with van der Waals surface area (Å²) in [4.78, 5) is 37.7. The van der Waals surface area contributed by atoms with Gasteiger partial charge in [-0.05, 0) is 36.4 Å². The summed E-state index contributed by atoms with van der Waals surface area (Å²) < 4.78 is 33.2. The van der Waals surface area contributed by atoms with Gasteiger partial charge in [0.15, 0.2) is 0 Å². The second kappa shape index (κ2) is 7.91. The van der Waals surface area contributed by atoms with Crippen molar-refractivity contribution in [1.82, 2.24) is 0 Å². The van der Waals surface area contributed by atoms with E-state index in [0.717, 1.165) is 0 Å². The second-order valence-electron chi connectivity index (χ2n) is 7.13. The predicted octanol–water partition coefficient (Wildman–Crippen LogP) is 1.88. The fourth-order valence-corrected chi connectivity index (χ4v) is 4.61. The van der Waals surface area contributed by atoms with E-state index in [1.54, 1.807) is 24.3 Å². The topological polar surface area (TPSA) is 133 Å². The molecule has 2 aromatic carbocycles. The highest BCUT2D eigenvalue weighted by Gasteiger charge is 2.35. The van der Waals surface area contributed by atoms with Gasteiger partial charge in [0.05, 0.1) is 28.7 Å². The standard InChI is InChI=1S/C20H19N3O7S/c24-18-11-13(19(25)26)12-23(18)14-5-7-15(8-6-14)31(28,29)21-16-3-1-2-4-17(16)22-9-10-30-20(22)27/h1-8,13,21H,9-12H2,(H,25,26). The first-order valence-electron chi connectivity index (χ1n) is 9.45. The lowest BCUT2D eigenvalue weighted by Gasteiger charge is -2.19. The molecule has 0 saturated carbocycles. The van der Waals surface area contributed by atoms with E-state index in [1.165, 1.54) is 34.1 Å². The highest BCUT2D eigenvalue weighted by molar-refractivity contribution is 7.92. The van der Waals surface area contributed by atoms with E-state index < -0.39 is 28.0 Å². The fraction of sp³-hybridized carbons (Fsp3) is 0.250. The van der Waals surface area contributed by atoms with Gasteiger partial charge in [-0.25, -0.2) is 13.2 Å². The molecule has 2 saturated heterocycles. The number of benzene rings is 2. The van der Waals surface area contributed by atoms with Gasteiger partial charge in [0.2, 0.25) is 5.91 Å². The average Bonchev–Trinajstić information content (AvgIpc) is 3.34. The SMILES string of the molecule is O=C(O)C1CC(=O)N(c2ccc(S(=O)(=O)Nc3ccccc3N3CCOC3=O)cc2)C1. The predicted molar refractivity (Wildman–Crippen MR) is 110 cm³/mol. The molecule has 11 heteroatoms. The molecule has 162 valence electrons. The third-order valence-electron chi connectivity index (χ3n) is 5.13. The van der Waals surface area contributed by atoms with Crippen molar-refractivity contribution in [3.63, 3.8) is 0 Å². The van der Waals surface area contributed by atoms with Crippen molar-refractivity contribution in [2.24, 2.45) is 5.92 Å². The molecular formula is C20H19N3O7S. The Kier molecular flexibility index (Phi) is 5.27. The van der Waals surface area contributed by atoms with E-state index in [9.17, 15) is 22.8 Å². The number of para-hydroxylation sites is 2. The van der Waals surface area contributed by atoms with Gasteiger partial charge in [-0.15, -0.1) is 0 Å². The van der Waals surface area contributed by atoms with Crippen LogP contribution < -0.4 is 14.5 Å². The number of carboxylic acids is 1. The molecule has 0 radical (unpaired) electrons. The van der Waals surface area contributed by atoms with Crippen LogP contribution in [0.1, 0.15) is 6.42 Å². The number of rotatable bonds is 6. The smallest absolute Gasteiger partial charge is 0.414 e. The maximum Gasteiger partial charge on any atom is 0.414 e. The van der Waals surface area contributed by atoms with Gasteiger partial charge in [-0.1, -0.05) is 12.1 Å². The van der Waals surface area contributed by atoms with Crippen LogP contribution in [0.4, 0.5) is 21.9 Å². The normalized spacial score (nSPS) is 18.9. The Morgan fingerprint density at radius 2 is 1.77 bits per heavy atom. The van der Waals surface area contributed by atoms with E-state index in [0.29, 0.717) is 17.9 Å². The molecule has 31 heavy (non-hydrogen) atoms. The van der Waals surface area contributed by atoms with Gasteiger partial charge in [-0.3, -0.25) is 19.2 Å². The van der Waals surface area contributed by atoms with Crippen molar-refractivity contribution in [3.05, 3.63) is 48.5 Å². The zero-order valence-corrected chi connectivity index (χ0v) is 17.0. The summed E-state index contributed by atoms with van der Waals surface area (Å²) in [6, 6.07) is 12.1. The van der Waals surface area contributed by atoms with Crippen LogP contribution in [0.15, 0.2) is 53.4 Å². The van der Waals surface area contributed by atoms with Gasteiger partial charge in [-0.2, -0.15) is 0 Å². The summed E-state index contributed by atoms with van der Waals surface area (Å²) in [6.07, 6.45) is -0.641. The lowest BCUT2D eigenvalue weighted by Crippen LogP contribution is -2.26. The van der Waals surface area contributed by atoms with E-state index >= 15 is 0 Å². The molecular weight excluding hydrogens is 426 g/mol. The number of anilines is 3. The lowest BCUT2D eigenvalue weighted by atomic mass is 10.1. The lowest BCUT2D eigenvalue weighted by molar-refractivity contribution is -0.141. The van der Waals surface area contributed by atoms with Crippen LogP contribution in [0, 0.1) is 5.92 Å². The number of ether oxygens (including phenoxy) is 1. The number of hydrogen-bond acceptors (Lipinski definition) is 6. The molecule has 2 aliphatic rings. The molecule has 2 fully saturated rings. The second-order valence-corrected chi connectivity index (χ2v) is 8.81. The number of sulfonamides is 1. The Morgan fingerprint density at radius 3 is 2.39 bits per heavy atom. The number of aliphatic carboxylic acids is 1. The average molecular weight is 445 g/mol. The van der Waals surface area contributed by atoms with Crippen LogP contribution in [0.25, 0.3) is 0 Å². The van der Waals surface area contributed by atoms with E-state index in [1.807, 2.05) is 0 Å². The van der Waals surface area contributed by atoms with Crippen LogP contribution in [0.2, 0.25) is 0 Å². The molecule has 10 nitrogen and oxygen atoms in total. The quantitative estimate of drug-likeness (QED) is 0.693. The first kappa shape index (κ1) is 20.7. The summed E-state index contributed by atoms with van der Waals surface area (Å²) in [5.41, 5.74) is 1.03. The fourth-order valence-electron chi connectivity index (χ4n) is 3.54. The molecule has 2 aliphatic heterocycles. The van der Waals surface area contributed by atoms with Crippen LogP contribution in [-0.4, -0.2) is 51.2 Å². The van der Waals surface area contributed by atoms with Gasteiger partial charge in [0.25, 0.3) is 10.0 Å². The number of carboxylic acid groups (broad SMARTS) is 1. The van der Waals surface area contributed by atoms with Gasteiger partial charge in [0.1, 0.15) is 6.61 Å². The molecule has 2 amide bonds. The first-order chi connectivity index (χ1) is 14.8. The first-order valence-corrected chi connectivity index (χ1v) is 10.9. The summed E-state index contributed by atoms with van der Waals surface area (Å²) in [6.45, 7) is 0.574. The summed E-state index contributed by atoms with van der Waals surface area (Å²) in [5.74, 6) is -2.15. The van der Waals surface area contributed by atoms with Crippen LogP contribution >= 0.6 is 0 Å². The number of carbonyl (C=O) groups excluding carboxylic acids is 2. The maximum absolute atomic E-state index is 12.9. The zero-order chi connectivity index (χ0) is 22.2. The molecule has 0 bridgehead atoms. The minimum Gasteiger partial charge on any atom is -0.481 e.